The van der Waals surface area contributed by atoms with Crippen LogP contribution in [0.4, 0.5) is 5.95 Å². The highest BCUT2D eigenvalue weighted by Gasteiger charge is 2.22. The van der Waals surface area contributed by atoms with Gasteiger partial charge in [-0.1, -0.05) is 12.8 Å². The van der Waals surface area contributed by atoms with Crippen LogP contribution < -0.4 is 10.2 Å². The molecule has 4 rings (SSSR count). The first-order chi connectivity index (χ1) is 12.8. The van der Waals surface area contributed by atoms with E-state index in [0.717, 1.165) is 45.0 Å². The van der Waals surface area contributed by atoms with Crippen LogP contribution >= 0.6 is 0 Å². The number of nitrogens with one attached hydrogen (secondary N) is 1. The number of amides is 1. The van der Waals surface area contributed by atoms with Crippen LogP contribution in [0.5, 0.6) is 0 Å². The van der Waals surface area contributed by atoms with E-state index in [0.29, 0.717) is 18.1 Å². The molecule has 2 aliphatic rings. The van der Waals surface area contributed by atoms with Crippen molar-refractivity contribution >= 4 is 11.9 Å². The van der Waals surface area contributed by atoms with Gasteiger partial charge >= 0.3 is 0 Å². The first-order valence-electron chi connectivity index (χ1n) is 9.27. The Morgan fingerprint density at radius 3 is 2.62 bits per heavy atom. The summed E-state index contributed by atoms with van der Waals surface area (Å²) in [6.07, 6.45) is 9.49. The van der Waals surface area contributed by atoms with Gasteiger partial charge in [-0.2, -0.15) is 0 Å². The molecule has 1 saturated carbocycles. The van der Waals surface area contributed by atoms with Gasteiger partial charge in [-0.05, 0) is 18.9 Å². The number of hydrogen-bond donors (Lipinski definition) is 1. The third kappa shape index (κ3) is 4.01. The molecule has 3 heterocycles. The molecule has 0 aromatic carbocycles. The predicted molar refractivity (Wildman–Crippen MR) is 95.7 cm³/mol. The van der Waals surface area contributed by atoms with Crippen LogP contribution in [0, 0.1) is 0 Å². The van der Waals surface area contributed by atoms with Crippen molar-refractivity contribution in [1.29, 1.82) is 0 Å². The van der Waals surface area contributed by atoms with E-state index >= 15 is 0 Å². The van der Waals surface area contributed by atoms with Gasteiger partial charge in [0.1, 0.15) is 6.26 Å². The first kappa shape index (κ1) is 17.0. The quantitative estimate of drug-likeness (QED) is 0.868. The number of oxazole rings is 1. The largest absolute Gasteiger partial charge is 0.447 e. The van der Waals surface area contributed by atoms with Crippen molar-refractivity contribution in [2.75, 3.05) is 31.1 Å². The van der Waals surface area contributed by atoms with Crippen LogP contribution in [-0.4, -0.2) is 58.0 Å². The second-order valence-corrected chi connectivity index (χ2v) is 6.89. The molecule has 2 aromatic rings. The highest BCUT2D eigenvalue weighted by Crippen LogP contribution is 2.18. The average molecular weight is 356 g/mol. The molecule has 1 amide bonds. The van der Waals surface area contributed by atoms with Crippen LogP contribution in [-0.2, 0) is 6.54 Å². The molecule has 2 fully saturated rings. The standard InChI is InChI=1S/C18H24N6O2/c25-17(21-14-4-1-2-5-14)15-13-26-16(22-15)12-23-8-10-24(11-9-23)18-19-6-3-7-20-18/h3,6-7,13-14H,1-2,4-5,8-12H2,(H,21,25). The van der Waals surface area contributed by atoms with Gasteiger partial charge in [0.15, 0.2) is 5.69 Å². The maximum atomic E-state index is 12.2. The summed E-state index contributed by atoms with van der Waals surface area (Å²) in [7, 11) is 0. The normalized spacial score (nSPS) is 19.0. The van der Waals surface area contributed by atoms with Crippen LogP contribution in [0.3, 0.4) is 0 Å². The van der Waals surface area contributed by atoms with Crippen molar-refractivity contribution < 1.29 is 9.21 Å². The van der Waals surface area contributed by atoms with E-state index in [4.69, 9.17) is 4.42 Å². The highest BCUT2D eigenvalue weighted by atomic mass is 16.3. The molecule has 0 spiro atoms. The molecule has 2 aromatic heterocycles. The summed E-state index contributed by atoms with van der Waals surface area (Å²) in [5.74, 6) is 1.23. The van der Waals surface area contributed by atoms with Crippen molar-refractivity contribution in [2.45, 2.75) is 38.3 Å². The first-order valence-corrected chi connectivity index (χ1v) is 9.27. The van der Waals surface area contributed by atoms with Gasteiger partial charge in [0.05, 0.1) is 6.54 Å². The molecule has 26 heavy (non-hydrogen) atoms. The maximum absolute atomic E-state index is 12.2. The molecule has 1 aliphatic carbocycles. The van der Waals surface area contributed by atoms with Gasteiger partial charge in [0, 0.05) is 44.6 Å². The second kappa shape index (κ2) is 7.82. The van der Waals surface area contributed by atoms with Crippen LogP contribution in [0.2, 0.25) is 0 Å². The molecule has 8 heteroatoms. The second-order valence-electron chi connectivity index (χ2n) is 6.89. The Kier molecular flexibility index (Phi) is 5.10. The van der Waals surface area contributed by atoms with Gasteiger partial charge in [-0.15, -0.1) is 0 Å². The van der Waals surface area contributed by atoms with Crippen molar-refractivity contribution in [3.8, 4) is 0 Å². The summed E-state index contributed by atoms with van der Waals surface area (Å²) < 4.78 is 5.51. The fourth-order valence-electron chi connectivity index (χ4n) is 3.57. The van der Waals surface area contributed by atoms with Crippen LogP contribution in [0.1, 0.15) is 42.1 Å². The minimum absolute atomic E-state index is 0.127. The Balaban J connectivity index is 1.27. The summed E-state index contributed by atoms with van der Waals surface area (Å²) >= 11 is 0. The minimum atomic E-state index is -0.127. The molecule has 0 radical (unpaired) electrons. The smallest absolute Gasteiger partial charge is 0.273 e. The van der Waals surface area contributed by atoms with E-state index < -0.39 is 0 Å². The molecule has 1 N–H and O–H groups in total. The third-order valence-corrected chi connectivity index (χ3v) is 5.04. The molecule has 0 bridgehead atoms. The Bertz CT molecular complexity index is 720. The van der Waals surface area contributed by atoms with Crippen LogP contribution in [0.15, 0.2) is 29.1 Å². The highest BCUT2D eigenvalue weighted by molar-refractivity contribution is 5.92. The van der Waals surface area contributed by atoms with Gasteiger partial charge in [-0.3, -0.25) is 9.69 Å². The molecule has 1 saturated heterocycles. The average Bonchev–Trinajstić information content (AvgIpc) is 3.35. The summed E-state index contributed by atoms with van der Waals surface area (Å²) in [5.41, 5.74) is 0.378. The summed E-state index contributed by atoms with van der Waals surface area (Å²) in [5, 5.41) is 3.04. The molecular formula is C18H24N6O2. The van der Waals surface area contributed by atoms with E-state index in [1.165, 1.54) is 19.1 Å². The number of hydrogen-bond acceptors (Lipinski definition) is 7. The lowest BCUT2D eigenvalue weighted by atomic mass is 10.2. The molecule has 8 nitrogen and oxygen atoms in total. The number of aromatic nitrogens is 3. The monoisotopic (exact) mass is 356 g/mol. The number of carbonyl (C=O) groups excluding carboxylic acids is 1. The fourth-order valence-corrected chi connectivity index (χ4v) is 3.57. The van der Waals surface area contributed by atoms with Gasteiger partial charge in [0.25, 0.3) is 5.91 Å². The number of carbonyl (C=O) groups is 1. The summed E-state index contributed by atoms with van der Waals surface area (Å²) in [4.78, 5) is 29.6. The number of piperazine rings is 1. The van der Waals surface area contributed by atoms with Crippen LogP contribution in [0.25, 0.3) is 0 Å². The topological polar surface area (TPSA) is 87.4 Å². The Morgan fingerprint density at radius 1 is 1.15 bits per heavy atom. The predicted octanol–water partition coefficient (Wildman–Crippen LogP) is 1.46. The Hall–Kier alpha value is -2.48. The summed E-state index contributed by atoms with van der Waals surface area (Å²) in [6.45, 7) is 4.09. The lowest BCUT2D eigenvalue weighted by Crippen LogP contribution is -2.46. The van der Waals surface area contributed by atoms with E-state index in [9.17, 15) is 4.79 Å². The lowest BCUT2D eigenvalue weighted by molar-refractivity contribution is 0.0932. The fraction of sp³-hybridized carbons (Fsp3) is 0.556. The molecule has 0 atom stereocenters. The molecule has 1 aliphatic heterocycles. The van der Waals surface area contributed by atoms with E-state index in [1.54, 1.807) is 12.4 Å². The van der Waals surface area contributed by atoms with E-state index in [1.807, 2.05) is 6.07 Å². The minimum Gasteiger partial charge on any atom is -0.447 e. The van der Waals surface area contributed by atoms with Crippen molar-refractivity contribution in [2.24, 2.45) is 0 Å². The summed E-state index contributed by atoms with van der Waals surface area (Å²) in [6, 6.07) is 2.11. The van der Waals surface area contributed by atoms with Gasteiger partial charge in [-0.25, -0.2) is 15.0 Å². The maximum Gasteiger partial charge on any atom is 0.273 e. The zero-order valence-corrected chi connectivity index (χ0v) is 14.8. The van der Waals surface area contributed by atoms with Crippen molar-refractivity contribution in [3.05, 3.63) is 36.3 Å². The number of rotatable bonds is 5. The van der Waals surface area contributed by atoms with Gasteiger partial charge < -0.3 is 14.6 Å². The van der Waals surface area contributed by atoms with Crippen molar-refractivity contribution in [3.63, 3.8) is 0 Å². The SMILES string of the molecule is O=C(NC1CCCC1)c1coc(CN2CCN(c3ncccn3)CC2)n1. The third-order valence-electron chi connectivity index (χ3n) is 5.04. The molecule has 138 valence electrons. The van der Waals surface area contributed by atoms with E-state index in [-0.39, 0.29) is 11.9 Å². The van der Waals surface area contributed by atoms with Crippen molar-refractivity contribution in [1.82, 2.24) is 25.2 Å². The van der Waals surface area contributed by atoms with Gasteiger partial charge in [0.2, 0.25) is 11.8 Å². The molecular weight excluding hydrogens is 332 g/mol. The van der Waals surface area contributed by atoms with E-state index in [2.05, 4.69) is 30.1 Å². The zero-order valence-electron chi connectivity index (χ0n) is 14.8. The zero-order chi connectivity index (χ0) is 17.8. The molecule has 0 unspecified atom stereocenters. The Morgan fingerprint density at radius 2 is 1.88 bits per heavy atom. The number of anilines is 1. The Labute approximate surface area is 152 Å². The number of nitrogens with zero attached hydrogens (tertiary/aromatic N) is 5. The lowest BCUT2D eigenvalue weighted by Gasteiger charge is -2.33.